The first kappa shape index (κ1) is 16.1. The fourth-order valence-electron chi connectivity index (χ4n) is 2.53. The molecular weight excluding hydrogens is 328 g/mol. The Morgan fingerprint density at radius 2 is 2.10 bits per heavy atom. The molecule has 1 aromatic carbocycles. The fourth-order valence-corrected chi connectivity index (χ4v) is 2.88. The van der Waals surface area contributed by atoms with Crippen molar-refractivity contribution in [3.05, 3.63) is 52.4 Å². The van der Waals surface area contributed by atoms with E-state index in [0.717, 1.165) is 29.9 Å². The van der Waals surface area contributed by atoms with Gasteiger partial charge in [-0.05, 0) is 50.2 Å². The average molecular weight is 351 g/mol. The Morgan fingerprint density at radius 3 is 2.71 bits per heavy atom. The second-order valence-corrected chi connectivity index (χ2v) is 5.99. The van der Waals surface area contributed by atoms with Gasteiger partial charge in [-0.3, -0.25) is 0 Å². The standard InChI is InChI=1S/C17H23BrN2O/c1-4-19-13(3)16-9-8-14(18)11-17(16)20(5-2)12-15-7-6-10-21-15/h6-11,13,19H,4-5,12H2,1-3H3. The van der Waals surface area contributed by atoms with E-state index in [4.69, 9.17) is 4.42 Å². The lowest BCUT2D eigenvalue weighted by molar-refractivity contribution is 0.502. The van der Waals surface area contributed by atoms with Crippen LogP contribution in [0.2, 0.25) is 0 Å². The van der Waals surface area contributed by atoms with Crippen LogP contribution in [0.1, 0.15) is 38.1 Å². The van der Waals surface area contributed by atoms with E-state index in [9.17, 15) is 0 Å². The minimum atomic E-state index is 0.323. The molecule has 0 radical (unpaired) electrons. The summed E-state index contributed by atoms with van der Waals surface area (Å²) in [6, 6.07) is 10.8. The van der Waals surface area contributed by atoms with Crippen molar-refractivity contribution in [2.45, 2.75) is 33.4 Å². The van der Waals surface area contributed by atoms with Gasteiger partial charge in [0.2, 0.25) is 0 Å². The molecule has 0 spiro atoms. The van der Waals surface area contributed by atoms with Crippen LogP contribution in [0.25, 0.3) is 0 Å². The van der Waals surface area contributed by atoms with Gasteiger partial charge in [0.15, 0.2) is 0 Å². The van der Waals surface area contributed by atoms with Crippen LogP contribution in [0.4, 0.5) is 5.69 Å². The summed E-state index contributed by atoms with van der Waals surface area (Å²) in [5.41, 5.74) is 2.56. The number of nitrogens with zero attached hydrogens (tertiary/aromatic N) is 1. The van der Waals surface area contributed by atoms with Gasteiger partial charge in [-0.2, -0.15) is 0 Å². The molecule has 1 heterocycles. The van der Waals surface area contributed by atoms with Gasteiger partial charge in [0.05, 0.1) is 12.8 Å². The molecule has 2 rings (SSSR count). The van der Waals surface area contributed by atoms with Crippen molar-refractivity contribution in [3.8, 4) is 0 Å². The molecule has 1 N–H and O–H groups in total. The summed E-state index contributed by atoms with van der Waals surface area (Å²) < 4.78 is 6.60. The molecule has 2 aromatic rings. The van der Waals surface area contributed by atoms with Crippen molar-refractivity contribution < 1.29 is 4.42 Å². The van der Waals surface area contributed by atoms with E-state index < -0.39 is 0 Å². The van der Waals surface area contributed by atoms with Crippen LogP contribution < -0.4 is 10.2 Å². The highest BCUT2D eigenvalue weighted by molar-refractivity contribution is 9.10. The summed E-state index contributed by atoms with van der Waals surface area (Å²) in [6.07, 6.45) is 1.73. The van der Waals surface area contributed by atoms with Gasteiger partial charge < -0.3 is 14.6 Å². The SMILES string of the molecule is CCNC(C)c1ccc(Br)cc1N(CC)Cc1ccco1. The number of furan rings is 1. The molecule has 0 bridgehead atoms. The number of rotatable bonds is 7. The summed E-state index contributed by atoms with van der Waals surface area (Å²) in [4.78, 5) is 2.34. The number of anilines is 1. The maximum Gasteiger partial charge on any atom is 0.123 e. The van der Waals surface area contributed by atoms with Crippen LogP contribution in [0, 0.1) is 0 Å². The van der Waals surface area contributed by atoms with E-state index in [1.54, 1.807) is 6.26 Å². The fraction of sp³-hybridized carbons (Fsp3) is 0.412. The third kappa shape index (κ3) is 4.11. The summed E-state index contributed by atoms with van der Waals surface area (Å²) >= 11 is 3.59. The zero-order valence-electron chi connectivity index (χ0n) is 12.9. The molecule has 114 valence electrons. The van der Waals surface area contributed by atoms with E-state index in [2.05, 4.69) is 65.1 Å². The molecule has 0 saturated carbocycles. The molecule has 0 amide bonds. The lowest BCUT2D eigenvalue weighted by Gasteiger charge is -2.27. The highest BCUT2D eigenvalue weighted by Gasteiger charge is 2.16. The summed E-state index contributed by atoms with van der Waals surface area (Å²) in [5, 5.41) is 3.49. The topological polar surface area (TPSA) is 28.4 Å². The van der Waals surface area contributed by atoms with Crippen molar-refractivity contribution in [2.24, 2.45) is 0 Å². The van der Waals surface area contributed by atoms with Gasteiger partial charge in [0.25, 0.3) is 0 Å². The van der Waals surface area contributed by atoms with Crippen LogP contribution in [0.3, 0.4) is 0 Å². The Hall–Kier alpha value is -1.26. The molecule has 4 heteroatoms. The second kappa shape index (κ2) is 7.66. The Bertz CT molecular complexity index is 554. The van der Waals surface area contributed by atoms with Crippen LogP contribution in [-0.4, -0.2) is 13.1 Å². The smallest absolute Gasteiger partial charge is 0.123 e. The van der Waals surface area contributed by atoms with Crippen LogP contribution >= 0.6 is 15.9 Å². The predicted molar refractivity (Wildman–Crippen MR) is 91.7 cm³/mol. The zero-order chi connectivity index (χ0) is 15.2. The summed E-state index contributed by atoms with van der Waals surface area (Å²) in [6.45, 7) is 9.19. The summed E-state index contributed by atoms with van der Waals surface area (Å²) in [5.74, 6) is 0.985. The minimum Gasteiger partial charge on any atom is -0.467 e. The van der Waals surface area contributed by atoms with Crippen molar-refractivity contribution in [1.82, 2.24) is 5.32 Å². The maximum absolute atomic E-state index is 5.50. The monoisotopic (exact) mass is 350 g/mol. The number of nitrogens with one attached hydrogen (secondary N) is 1. The zero-order valence-corrected chi connectivity index (χ0v) is 14.5. The Balaban J connectivity index is 2.32. The van der Waals surface area contributed by atoms with Crippen molar-refractivity contribution in [2.75, 3.05) is 18.0 Å². The summed E-state index contributed by atoms with van der Waals surface area (Å²) in [7, 11) is 0. The van der Waals surface area contributed by atoms with E-state index in [0.29, 0.717) is 6.04 Å². The third-order valence-corrected chi connectivity index (χ3v) is 4.11. The molecule has 21 heavy (non-hydrogen) atoms. The van der Waals surface area contributed by atoms with E-state index >= 15 is 0 Å². The first-order valence-electron chi connectivity index (χ1n) is 7.45. The third-order valence-electron chi connectivity index (χ3n) is 3.62. The molecule has 0 fully saturated rings. The van der Waals surface area contributed by atoms with Gasteiger partial charge in [0.1, 0.15) is 5.76 Å². The molecule has 1 atom stereocenters. The lowest BCUT2D eigenvalue weighted by Crippen LogP contribution is -2.26. The molecule has 1 unspecified atom stereocenters. The molecule has 1 aromatic heterocycles. The molecular formula is C17H23BrN2O. The van der Waals surface area contributed by atoms with Crippen molar-refractivity contribution >= 4 is 21.6 Å². The van der Waals surface area contributed by atoms with E-state index in [-0.39, 0.29) is 0 Å². The average Bonchev–Trinajstić information content (AvgIpc) is 2.97. The van der Waals surface area contributed by atoms with E-state index in [1.165, 1.54) is 11.3 Å². The van der Waals surface area contributed by atoms with Crippen molar-refractivity contribution in [3.63, 3.8) is 0 Å². The van der Waals surface area contributed by atoms with Crippen LogP contribution in [0.5, 0.6) is 0 Å². The first-order valence-corrected chi connectivity index (χ1v) is 8.25. The van der Waals surface area contributed by atoms with Crippen LogP contribution in [0.15, 0.2) is 45.5 Å². The van der Waals surface area contributed by atoms with Gasteiger partial charge in [-0.25, -0.2) is 0 Å². The van der Waals surface area contributed by atoms with Gasteiger partial charge in [-0.15, -0.1) is 0 Å². The van der Waals surface area contributed by atoms with Crippen LogP contribution in [-0.2, 0) is 6.54 Å². The molecule has 0 aliphatic rings. The number of benzene rings is 1. The van der Waals surface area contributed by atoms with Gasteiger partial charge in [0, 0.05) is 22.7 Å². The predicted octanol–water partition coefficient (Wildman–Crippen LogP) is 4.74. The normalized spacial score (nSPS) is 12.4. The Labute approximate surface area is 135 Å². The highest BCUT2D eigenvalue weighted by atomic mass is 79.9. The number of halogens is 1. The molecule has 3 nitrogen and oxygen atoms in total. The lowest BCUT2D eigenvalue weighted by atomic mass is 10.0. The van der Waals surface area contributed by atoms with Gasteiger partial charge in [-0.1, -0.05) is 28.9 Å². The Kier molecular flexibility index (Phi) is 5.88. The molecule has 0 aliphatic carbocycles. The minimum absolute atomic E-state index is 0.323. The second-order valence-electron chi connectivity index (χ2n) is 5.08. The maximum atomic E-state index is 5.50. The molecule has 0 aliphatic heterocycles. The van der Waals surface area contributed by atoms with Gasteiger partial charge >= 0.3 is 0 Å². The number of hydrogen-bond acceptors (Lipinski definition) is 3. The quantitative estimate of drug-likeness (QED) is 0.781. The van der Waals surface area contributed by atoms with Crippen molar-refractivity contribution in [1.29, 1.82) is 0 Å². The Morgan fingerprint density at radius 1 is 1.29 bits per heavy atom. The molecule has 0 saturated heterocycles. The first-order chi connectivity index (χ1) is 10.2. The number of hydrogen-bond donors (Lipinski definition) is 1. The largest absolute Gasteiger partial charge is 0.467 e. The van der Waals surface area contributed by atoms with E-state index in [1.807, 2.05) is 12.1 Å². The highest BCUT2D eigenvalue weighted by Crippen LogP contribution is 2.30.